The summed E-state index contributed by atoms with van der Waals surface area (Å²) in [4.78, 5) is 12.4. The van der Waals surface area contributed by atoms with Crippen LogP contribution in [0.15, 0.2) is 46.3 Å². The molecule has 124 valence electrons. The van der Waals surface area contributed by atoms with Gasteiger partial charge in [-0.3, -0.25) is 4.79 Å². The number of aromatic nitrogens is 1. The standard InChI is InChI=1S/C17H14F3N3O/c1-2-3-9-22-23-15(12-7-5-4-6-8-12)10-14(17(18,19)20)13(11-21)16(23)24/h4-10H,2-3H2,1H3/b22-9+. The second-order valence-electron chi connectivity index (χ2n) is 5.00. The molecule has 1 aromatic carbocycles. The van der Waals surface area contributed by atoms with Crippen molar-refractivity contribution in [3.63, 3.8) is 0 Å². The van der Waals surface area contributed by atoms with Crippen molar-refractivity contribution in [2.24, 2.45) is 5.10 Å². The van der Waals surface area contributed by atoms with Gasteiger partial charge in [-0.15, -0.1) is 0 Å². The highest BCUT2D eigenvalue weighted by atomic mass is 19.4. The molecule has 0 unspecified atom stereocenters. The fourth-order valence-corrected chi connectivity index (χ4v) is 2.13. The molecule has 2 rings (SSSR count). The molecular formula is C17H14F3N3O. The maximum Gasteiger partial charge on any atom is 0.417 e. The minimum absolute atomic E-state index is 0.0146. The predicted molar refractivity (Wildman–Crippen MR) is 84.7 cm³/mol. The van der Waals surface area contributed by atoms with E-state index >= 15 is 0 Å². The zero-order valence-electron chi connectivity index (χ0n) is 12.8. The van der Waals surface area contributed by atoms with Crippen LogP contribution in [0.3, 0.4) is 0 Å². The molecule has 0 aliphatic heterocycles. The van der Waals surface area contributed by atoms with Crippen LogP contribution in [0.2, 0.25) is 0 Å². The van der Waals surface area contributed by atoms with E-state index in [1.54, 1.807) is 30.3 Å². The number of benzene rings is 1. The Kier molecular flexibility index (Phi) is 5.19. The molecule has 0 aliphatic carbocycles. The number of rotatable bonds is 4. The van der Waals surface area contributed by atoms with Crippen LogP contribution in [0.4, 0.5) is 13.2 Å². The molecular weight excluding hydrogens is 319 g/mol. The van der Waals surface area contributed by atoms with Gasteiger partial charge in [0.15, 0.2) is 0 Å². The molecule has 0 aliphatic rings. The number of nitriles is 1. The fraction of sp³-hybridized carbons (Fsp3) is 0.235. The van der Waals surface area contributed by atoms with Gasteiger partial charge >= 0.3 is 6.18 Å². The molecule has 0 fully saturated rings. The summed E-state index contributed by atoms with van der Waals surface area (Å²) < 4.78 is 40.5. The largest absolute Gasteiger partial charge is 0.417 e. The number of alkyl halides is 3. The Hall–Kier alpha value is -2.88. The fourth-order valence-electron chi connectivity index (χ4n) is 2.13. The minimum Gasteiger partial charge on any atom is -0.266 e. The second kappa shape index (κ2) is 7.13. The van der Waals surface area contributed by atoms with E-state index in [2.05, 4.69) is 5.10 Å². The quantitative estimate of drug-likeness (QED) is 0.793. The van der Waals surface area contributed by atoms with Crippen LogP contribution in [0.1, 0.15) is 30.9 Å². The van der Waals surface area contributed by atoms with Gasteiger partial charge in [-0.25, -0.2) is 0 Å². The van der Waals surface area contributed by atoms with Crippen LogP contribution in [-0.4, -0.2) is 10.9 Å². The van der Waals surface area contributed by atoms with E-state index < -0.39 is 22.9 Å². The van der Waals surface area contributed by atoms with Crippen molar-refractivity contribution in [2.75, 3.05) is 0 Å². The van der Waals surface area contributed by atoms with E-state index in [1.807, 2.05) is 6.92 Å². The van der Waals surface area contributed by atoms with Crippen molar-refractivity contribution < 1.29 is 13.2 Å². The number of nitrogens with zero attached hydrogens (tertiary/aromatic N) is 3. The highest BCUT2D eigenvalue weighted by Gasteiger charge is 2.36. The number of unbranched alkanes of at least 4 members (excludes halogenated alkanes) is 1. The Morgan fingerprint density at radius 1 is 1.29 bits per heavy atom. The smallest absolute Gasteiger partial charge is 0.266 e. The van der Waals surface area contributed by atoms with E-state index in [0.717, 1.165) is 17.2 Å². The average molecular weight is 333 g/mol. The summed E-state index contributed by atoms with van der Waals surface area (Å²) in [5, 5.41) is 13.0. The first-order valence-electron chi connectivity index (χ1n) is 7.25. The monoisotopic (exact) mass is 333 g/mol. The summed E-state index contributed by atoms with van der Waals surface area (Å²) in [7, 11) is 0. The zero-order chi connectivity index (χ0) is 17.7. The second-order valence-corrected chi connectivity index (χ2v) is 5.00. The van der Waals surface area contributed by atoms with Crippen LogP contribution in [0.5, 0.6) is 0 Å². The third-order valence-corrected chi connectivity index (χ3v) is 3.29. The minimum atomic E-state index is -4.81. The Bertz CT molecular complexity index is 846. The molecule has 7 heteroatoms. The number of hydrogen-bond donors (Lipinski definition) is 0. The lowest BCUT2D eigenvalue weighted by molar-refractivity contribution is -0.137. The summed E-state index contributed by atoms with van der Waals surface area (Å²) >= 11 is 0. The number of pyridine rings is 1. The summed E-state index contributed by atoms with van der Waals surface area (Å²) in [5.74, 6) is 0. The van der Waals surface area contributed by atoms with Crippen LogP contribution in [-0.2, 0) is 6.18 Å². The zero-order valence-corrected chi connectivity index (χ0v) is 12.8. The number of hydrogen-bond acceptors (Lipinski definition) is 3. The van der Waals surface area contributed by atoms with Gasteiger partial charge in [-0.05, 0) is 12.5 Å². The molecule has 0 spiro atoms. The number of halogens is 3. The van der Waals surface area contributed by atoms with Crippen molar-refractivity contribution in [1.82, 2.24) is 4.68 Å². The molecule has 1 heterocycles. The maximum atomic E-state index is 13.2. The lowest BCUT2D eigenvalue weighted by Gasteiger charge is -2.14. The Labute approximate surface area is 136 Å². The van der Waals surface area contributed by atoms with Gasteiger partial charge in [0.05, 0.1) is 11.3 Å². The SMILES string of the molecule is CCC/C=N/n1c(-c2ccccc2)cc(C(F)(F)F)c(C#N)c1=O. The first-order chi connectivity index (χ1) is 11.4. The van der Waals surface area contributed by atoms with E-state index in [0.29, 0.717) is 12.0 Å². The molecule has 0 atom stereocenters. The van der Waals surface area contributed by atoms with Gasteiger partial charge < -0.3 is 0 Å². The highest BCUT2D eigenvalue weighted by Crippen LogP contribution is 2.33. The molecule has 4 nitrogen and oxygen atoms in total. The Morgan fingerprint density at radius 3 is 2.50 bits per heavy atom. The first kappa shape index (κ1) is 17.5. The van der Waals surface area contributed by atoms with E-state index in [4.69, 9.17) is 5.26 Å². The van der Waals surface area contributed by atoms with Crippen molar-refractivity contribution in [3.05, 3.63) is 57.9 Å². The summed E-state index contributed by atoms with van der Waals surface area (Å²) in [6, 6.07) is 10.3. The maximum absolute atomic E-state index is 13.2. The topological polar surface area (TPSA) is 58.1 Å². The molecule has 0 radical (unpaired) electrons. The third-order valence-electron chi connectivity index (χ3n) is 3.29. The highest BCUT2D eigenvalue weighted by molar-refractivity contribution is 5.64. The summed E-state index contributed by atoms with van der Waals surface area (Å²) in [6.07, 6.45) is -2.03. The van der Waals surface area contributed by atoms with E-state index in [9.17, 15) is 18.0 Å². The van der Waals surface area contributed by atoms with Crippen LogP contribution < -0.4 is 5.56 Å². The van der Waals surface area contributed by atoms with Gasteiger partial charge in [0, 0.05) is 11.8 Å². The van der Waals surface area contributed by atoms with E-state index in [1.165, 1.54) is 12.3 Å². The molecule has 0 amide bonds. The summed E-state index contributed by atoms with van der Waals surface area (Å²) in [6.45, 7) is 1.90. The normalized spacial score (nSPS) is 11.6. The lowest BCUT2D eigenvalue weighted by Crippen LogP contribution is -2.26. The van der Waals surface area contributed by atoms with Crippen LogP contribution in [0, 0.1) is 11.3 Å². The Balaban J connectivity index is 2.82. The van der Waals surface area contributed by atoms with Crippen molar-refractivity contribution in [1.29, 1.82) is 5.26 Å². The van der Waals surface area contributed by atoms with Gasteiger partial charge in [-0.1, -0.05) is 43.7 Å². The van der Waals surface area contributed by atoms with Crippen molar-refractivity contribution in [2.45, 2.75) is 25.9 Å². The molecule has 24 heavy (non-hydrogen) atoms. The van der Waals surface area contributed by atoms with Crippen molar-refractivity contribution in [3.8, 4) is 17.3 Å². The molecule has 0 N–H and O–H groups in total. The van der Waals surface area contributed by atoms with Crippen molar-refractivity contribution >= 4 is 6.21 Å². The van der Waals surface area contributed by atoms with E-state index in [-0.39, 0.29) is 5.69 Å². The molecule has 1 aromatic heterocycles. The van der Waals surface area contributed by atoms with Gasteiger partial charge in [-0.2, -0.15) is 28.2 Å². The van der Waals surface area contributed by atoms with Gasteiger partial charge in [0.1, 0.15) is 11.6 Å². The summed E-state index contributed by atoms with van der Waals surface area (Å²) in [5.41, 5.74) is -2.91. The lowest BCUT2D eigenvalue weighted by atomic mass is 10.0. The average Bonchev–Trinajstić information content (AvgIpc) is 2.55. The predicted octanol–water partition coefficient (Wildman–Crippen LogP) is 4.04. The molecule has 0 bridgehead atoms. The van der Waals surface area contributed by atoms with Gasteiger partial charge in [0.25, 0.3) is 5.56 Å². The van der Waals surface area contributed by atoms with Gasteiger partial charge in [0.2, 0.25) is 0 Å². The van der Waals surface area contributed by atoms with Crippen LogP contribution >= 0.6 is 0 Å². The molecule has 2 aromatic rings. The third kappa shape index (κ3) is 3.54. The van der Waals surface area contributed by atoms with Crippen LogP contribution in [0.25, 0.3) is 11.3 Å². The molecule has 0 saturated heterocycles. The Morgan fingerprint density at radius 2 is 1.96 bits per heavy atom. The first-order valence-corrected chi connectivity index (χ1v) is 7.25. The molecule has 0 saturated carbocycles.